The summed E-state index contributed by atoms with van der Waals surface area (Å²) in [5.74, 6) is -1.33. The first kappa shape index (κ1) is 27.4. The summed E-state index contributed by atoms with van der Waals surface area (Å²) >= 11 is 0. The number of carbonyl (C=O) groups excluding carboxylic acids is 4. The van der Waals surface area contributed by atoms with E-state index in [0.717, 1.165) is 5.56 Å². The van der Waals surface area contributed by atoms with Gasteiger partial charge in [-0.15, -0.1) is 0 Å². The number of ether oxygens (including phenoxy) is 1. The fourth-order valence-electron chi connectivity index (χ4n) is 2.69. The molecule has 0 saturated heterocycles. The molecule has 3 atom stereocenters. The number of hydrogen-bond acceptors (Lipinski definition) is 7. The highest BCUT2D eigenvalue weighted by Gasteiger charge is 2.25. The zero-order valence-electron chi connectivity index (χ0n) is 18.5. The van der Waals surface area contributed by atoms with Crippen LogP contribution in [0.2, 0.25) is 0 Å². The predicted molar refractivity (Wildman–Crippen MR) is 121 cm³/mol. The Kier molecular flexibility index (Phi) is 12.6. The van der Waals surface area contributed by atoms with Gasteiger partial charge in [-0.2, -0.15) is 0 Å². The summed E-state index contributed by atoms with van der Waals surface area (Å²) in [5, 5.41) is 16.6. The van der Waals surface area contributed by atoms with Gasteiger partial charge in [-0.05, 0) is 31.7 Å². The lowest BCUT2D eigenvalue weighted by molar-refractivity contribution is -0.130. The number of aliphatic hydroxyl groups excluding tert-OH is 1. The molecule has 1 aromatic carbocycles. The molecule has 3 amide bonds. The van der Waals surface area contributed by atoms with Crippen LogP contribution in [0, 0.1) is 0 Å². The number of aldehydes is 1. The Bertz CT molecular complexity index is 800. The van der Waals surface area contributed by atoms with Crippen molar-refractivity contribution in [2.24, 2.45) is 16.5 Å². The lowest BCUT2D eigenvalue weighted by atomic mass is 10.1. The van der Waals surface area contributed by atoms with Crippen molar-refractivity contribution in [1.29, 1.82) is 0 Å². The largest absolute Gasteiger partial charge is 0.445 e. The van der Waals surface area contributed by atoms with E-state index in [-0.39, 0.29) is 25.6 Å². The zero-order chi connectivity index (χ0) is 24.6. The maximum atomic E-state index is 12.5. The number of alkyl carbamates (subject to hydrolysis) is 1. The third-order valence-electron chi connectivity index (χ3n) is 4.45. The third kappa shape index (κ3) is 11.5. The van der Waals surface area contributed by atoms with Crippen LogP contribution in [0.3, 0.4) is 0 Å². The SMILES string of the molecule is CC(NC(=O)C(CCO)NC(=O)OCc1ccccc1)C(=O)NC(C=O)CCCN=C(N)N. The van der Waals surface area contributed by atoms with E-state index in [1.165, 1.54) is 6.92 Å². The number of amides is 3. The summed E-state index contributed by atoms with van der Waals surface area (Å²) in [5.41, 5.74) is 11.2. The van der Waals surface area contributed by atoms with E-state index in [1.54, 1.807) is 24.3 Å². The van der Waals surface area contributed by atoms with Crippen LogP contribution in [0.25, 0.3) is 0 Å². The summed E-state index contributed by atoms with van der Waals surface area (Å²) < 4.78 is 5.08. The van der Waals surface area contributed by atoms with Gasteiger partial charge in [0.05, 0.1) is 6.04 Å². The van der Waals surface area contributed by atoms with Crippen molar-refractivity contribution < 1.29 is 29.0 Å². The van der Waals surface area contributed by atoms with Gasteiger partial charge in [-0.3, -0.25) is 14.6 Å². The minimum atomic E-state index is -1.12. The maximum absolute atomic E-state index is 12.5. The summed E-state index contributed by atoms with van der Waals surface area (Å²) in [6, 6.07) is 6.08. The van der Waals surface area contributed by atoms with Gasteiger partial charge in [0, 0.05) is 13.2 Å². The minimum Gasteiger partial charge on any atom is -0.445 e. The molecule has 12 heteroatoms. The molecule has 0 aliphatic heterocycles. The maximum Gasteiger partial charge on any atom is 0.408 e. The molecular formula is C21H32N6O6. The Morgan fingerprint density at radius 3 is 2.39 bits per heavy atom. The second-order valence-electron chi connectivity index (χ2n) is 7.20. The fraction of sp³-hybridized carbons (Fsp3) is 0.476. The number of nitrogens with one attached hydrogen (secondary N) is 3. The van der Waals surface area contributed by atoms with E-state index >= 15 is 0 Å². The molecule has 0 heterocycles. The van der Waals surface area contributed by atoms with Gasteiger partial charge >= 0.3 is 6.09 Å². The van der Waals surface area contributed by atoms with Gasteiger partial charge in [-0.1, -0.05) is 30.3 Å². The number of hydrogen-bond donors (Lipinski definition) is 6. The van der Waals surface area contributed by atoms with Crippen LogP contribution < -0.4 is 27.4 Å². The van der Waals surface area contributed by atoms with Gasteiger partial charge < -0.3 is 42.1 Å². The Morgan fingerprint density at radius 2 is 1.79 bits per heavy atom. The highest BCUT2D eigenvalue weighted by molar-refractivity contribution is 5.91. The van der Waals surface area contributed by atoms with Crippen LogP contribution in [0.4, 0.5) is 4.79 Å². The fourth-order valence-corrected chi connectivity index (χ4v) is 2.69. The van der Waals surface area contributed by atoms with Crippen molar-refractivity contribution in [1.82, 2.24) is 16.0 Å². The van der Waals surface area contributed by atoms with Crippen LogP contribution in [-0.4, -0.2) is 66.5 Å². The molecule has 0 aromatic heterocycles. The third-order valence-corrected chi connectivity index (χ3v) is 4.45. The zero-order valence-corrected chi connectivity index (χ0v) is 18.5. The Hall–Kier alpha value is -3.67. The minimum absolute atomic E-state index is 0.00914. The summed E-state index contributed by atoms with van der Waals surface area (Å²) in [4.78, 5) is 51.9. The average molecular weight is 465 g/mol. The van der Waals surface area contributed by atoms with Crippen molar-refractivity contribution in [3.8, 4) is 0 Å². The number of guanidine groups is 1. The second-order valence-corrected chi connectivity index (χ2v) is 7.20. The first-order valence-corrected chi connectivity index (χ1v) is 10.5. The van der Waals surface area contributed by atoms with Crippen molar-refractivity contribution in [2.45, 2.75) is 50.9 Å². The molecule has 0 aliphatic rings. The first-order valence-electron chi connectivity index (χ1n) is 10.5. The molecule has 0 radical (unpaired) electrons. The number of benzene rings is 1. The molecule has 1 aromatic rings. The van der Waals surface area contributed by atoms with Gasteiger partial charge in [0.25, 0.3) is 0 Å². The topological polar surface area (TPSA) is 198 Å². The van der Waals surface area contributed by atoms with Gasteiger partial charge in [0.1, 0.15) is 25.0 Å². The molecule has 0 saturated carbocycles. The molecule has 12 nitrogen and oxygen atoms in total. The lowest BCUT2D eigenvalue weighted by Gasteiger charge is -2.21. The Labute approximate surface area is 192 Å². The molecule has 3 unspecified atom stereocenters. The van der Waals surface area contributed by atoms with E-state index in [4.69, 9.17) is 16.2 Å². The molecule has 8 N–H and O–H groups in total. The molecule has 0 spiro atoms. The van der Waals surface area contributed by atoms with Crippen LogP contribution >= 0.6 is 0 Å². The smallest absolute Gasteiger partial charge is 0.408 e. The van der Waals surface area contributed by atoms with E-state index in [1.807, 2.05) is 6.07 Å². The Balaban J connectivity index is 2.53. The quantitative estimate of drug-likeness (QED) is 0.0863. The van der Waals surface area contributed by atoms with E-state index < -0.39 is 36.0 Å². The van der Waals surface area contributed by atoms with Crippen LogP contribution in [0.1, 0.15) is 31.7 Å². The highest BCUT2D eigenvalue weighted by atomic mass is 16.5. The number of carbonyl (C=O) groups is 4. The standard InChI is InChI=1S/C21H32N6O6/c1-14(18(30)26-16(12-29)8-5-10-24-20(22)23)25-19(31)17(9-11-28)27-21(32)33-13-15-6-3-2-4-7-15/h2-4,6-7,12,14,16-17,28H,5,8-11,13H2,1H3,(H,25,31)(H,26,30)(H,27,32)(H4,22,23,24). The predicted octanol–water partition coefficient (Wildman–Crippen LogP) is -1.09. The average Bonchev–Trinajstić information content (AvgIpc) is 2.79. The van der Waals surface area contributed by atoms with E-state index in [0.29, 0.717) is 25.7 Å². The number of nitrogens with zero attached hydrogens (tertiary/aromatic N) is 1. The first-order chi connectivity index (χ1) is 15.8. The molecular weight excluding hydrogens is 432 g/mol. The monoisotopic (exact) mass is 464 g/mol. The number of rotatable bonds is 14. The Morgan fingerprint density at radius 1 is 1.09 bits per heavy atom. The number of aliphatic imine (C=N–C) groups is 1. The molecule has 0 bridgehead atoms. The molecule has 0 fully saturated rings. The van der Waals surface area contributed by atoms with Gasteiger partial charge in [0.2, 0.25) is 11.8 Å². The van der Waals surface area contributed by atoms with Crippen molar-refractivity contribution in [3.63, 3.8) is 0 Å². The van der Waals surface area contributed by atoms with Crippen LogP contribution in [-0.2, 0) is 25.7 Å². The van der Waals surface area contributed by atoms with Gasteiger partial charge in [0.15, 0.2) is 5.96 Å². The summed E-state index contributed by atoms with van der Waals surface area (Å²) in [7, 11) is 0. The molecule has 182 valence electrons. The van der Waals surface area contributed by atoms with Crippen molar-refractivity contribution >= 4 is 30.2 Å². The number of nitrogens with two attached hydrogens (primary N) is 2. The summed E-state index contributed by atoms with van der Waals surface area (Å²) in [6.45, 7) is 1.37. The lowest BCUT2D eigenvalue weighted by Crippen LogP contribution is -2.54. The summed E-state index contributed by atoms with van der Waals surface area (Å²) in [6.07, 6.45) is 0.444. The molecule has 0 aliphatic carbocycles. The van der Waals surface area contributed by atoms with Crippen LogP contribution in [0.5, 0.6) is 0 Å². The normalized spacial score (nSPS) is 13.0. The number of aliphatic hydroxyl groups is 1. The molecule has 1 rings (SSSR count). The van der Waals surface area contributed by atoms with Crippen molar-refractivity contribution in [3.05, 3.63) is 35.9 Å². The molecule has 33 heavy (non-hydrogen) atoms. The van der Waals surface area contributed by atoms with E-state index in [2.05, 4.69) is 20.9 Å². The van der Waals surface area contributed by atoms with E-state index in [9.17, 15) is 24.3 Å². The van der Waals surface area contributed by atoms with Crippen LogP contribution in [0.15, 0.2) is 35.3 Å². The second kappa shape index (κ2) is 15.2. The van der Waals surface area contributed by atoms with Crippen molar-refractivity contribution in [2.75, 3.05) is 13.2 Å². The van der Waals surface area contributed by atoms with Gasteiger partial charge in [-0.25, -0.2) is 4.79 Å². The highest BCUT2D eigenvalue weighted by Crippen LogP contribution is 2.02.